The maximum absolute atomic E-state index is 13.7. The molecule has 216 valence electrons. The van der Waals surface area contributed by atoms with Crippen LogP contribution in [0.25, 0.3) is 16.0 Å². The highest BCUT2D eigenvalue weighted by Gasteiger charge is 2.48. The minimum Gasteiger partial charge on any atom is -0.507 e. The van der Waals surface area contributed by atoms with Crippen LogP contribution in [0, 0.1) is 0 Å². The maximum atomic E-state index is 13.7. The number of benzene rings is 3. The summed E-state index contributed by atoms with van der Waals surface area (Å²) in [7, 11) is 5.97. The summed E-state index contributed by atoms with van der Waals surface area (Å²) < 4.78 is 34.0. The number of aromatic nitrogens is 1. The van der Waals surface area contributed by atoms with Gasteiger partial charge in [0.05, 0.1) is 50.3 Å². The quantitative estimate of drug-likeness (QED) is 0.183. The Bertz CT molecular complexity index is 1740. The number of hydrogen-bond acceptors (Lipinski definition) is 11. The molecule has 2 aliphatic rings. The number of thiazole rings is 1. The molecule has 1 unspecified atom stereocenters. The van der Waals surface area contributed by atoms with Gasteiger partial charge in [-0.2, -0.15) is 0 Å². The standard InChI is InChI=1S/C30H26N2O9S/c1-36-17-6-7-18-23(14-17)42-30(31-18)32-25(16-12-21(37-2)28(39-4)22(13-16)38-3)24(27(34)29(32)35)26(33)15-5-8-19-20(11-15)41-10-9-40-19/h5-8,11-14,25,33H,9-10H2,1-4H3. The lowest BCUT2D eigenvalue weighted by Crippen LogP contribution is -2.29. The fourth-order valence-electron chi connectivity index (χ4n) is 5.07. The third kappa shape index (κ3) is 4.40. The number of ketones is 1. The van der Waals surface area contributed by atoms with Crippen LogP contribution in [-0.4, -0.2) is 63.4 Å². The second-order valence-electron chi connectivity index (χ2n) is 9.32. The molecule has 1 saturated heterocycles. The Hall–Kier alpha value is -4.97. The van der Waals surface area contributed by atoms with E-state index in [4.69, 9.17) is 28.4 Å². The van der Waals surface area contributed by atoms with Crippen LogP contribution in [0.3, 0.4) is 0 Å². The number of carbonyl (C=O) groups excluding carboxylic acids is 2. The van der Waals surface area contributed by atoms with Gasteiger partial charge in [-0.05, 0) is 54.1 Å². The number of rotatable bonds is 7. The summed E-state index contributed by atoms with van der Waals surface area (Å²) in [6, 6.07) is 12.4. The minimum atomic E-state index is -1.09. The Morgan fingerprint density at radius 3 is 2.29 bits per heavy atom. The van der Waals surface area contributed by atoms with Crippen molar-refractivity contribution in [3.05, 3.63) is 65.2 Å². The van der Waals surface area contributed by atoms with Gasteiger partial charge in [0.25, 0.3) is 5.78 Å². The van der Waals surface area contributed by atoms with E-state index in [-0.39, 0.29) is 22.0 Å². The molecule has 0 radical (unpaired) electrons. The number of Topliss-reactive ketones (excluding diaryl/α,β-unsaturated/α-hetero) is 1. The lowest BCUT2D eigenvalue weighted by Gasteiger charge is -2.25. The molecule has 1 amide bonds. The zero-order valence-corrected chi connectivity index (χ0v) is 23.9. The van der Waals surface area contributed by atoms with Crippen LogP contribution in [0.2, 0.25) is 0 Å². The SMILES string of the molecule is COc1ccc2nc(N3C(=O)C(=O)C(=C(O)c4ccc5c(c4)OCCO5)C3c3cc(OC)c(OC)c(OC)c3)sc2c1. The molecule has 0 saturated carbocycles. The van der Waals surface area contributed by atoms with E-state index in [0.29, 0.717) is 58.8 Å². The first-order chi connectivity index (χ1) is 20.4. The van der Waals surface area contributed by atoms with Gasteiger partial charge >= 0.3 is 5.91 Å². The summed E-state index contributed by atoms with van der Waals surface area (Å²) in [6.07, 6.45) is 0. The van der Waals surface area contributed by atoms with Crippen molar-refractivity contribution in [1.29, 1.82) is 0 Å². The van der Waals surface area contributed by atoms with Gasteiger partial charge in [0.1, 0.15) is 24.7 Å². The first kappa shape index (κ1) is 27.2. The molecular weight excluding hydrogens is 564 g/mol. The number of aliphatic hydroxyl groups is 1. The molecule has 1 atom stereocenters. The third-order valence-electron chi connectivity index (χ3n) is 7.05. The van der Waals surface area contributed by atoms with Gasteiger partial charge in [-0.15, -0.1) is 0 Å². The van der Waals surface area contributed by atoms with Crippen LogP contribution in [0.1, 0.15) is 17.2 Å². The van der Waals surface area contributed by atoms with Crippen molar-refractivity contribution in [3.8, 4) is 34.5 Å². The minimum absolute atomic E-state index is 0.136. The highest BCUT2D eigenvalue weighted by molar-refractivity contribution is 7.22. The fraction of sp³-hybridized carbons (Fsp3) is 0.233. The van der Waals surface area contributed by atoms with E-state index in [1.807, 2.05) is 0 Å². The van der Waals surface area contributed by atoms with E-state index in [0.717, 1.165) is 4.70 Å². The molecule has 1 aromatic heterocycles. The summed E-state index contributed by atoms with van der Waals surface area (Å²) >= 11 is 1.22. The van der Waals surface area contributed by atoms with Crippen LogP contribution in [-0.2, 0) is 9.59 Å². The van der Waals surface area contributed by atoms with Crippen LogP contribution in [0.5, 0.6) is 34.5 Å². The number of amides is 1. The molecule has 0 bridgehead atoms. The summed E-state index contributed by atoms with van der Waals surface area (Å²) in [5, 5.41) is 11.9. The van der Waals surface area contributed by atoms with E-state index in [1.54, 1.807) is 55.6 Å². The second kappa shape index (κ2) is 10.8. The number of methoxy groups -OCH3 is 4. The molecule has 42 heavy (non-hydrogen) atoms. The van der Waals surface area contributed by atoms with Gasteiger partial charge in [0.2, 0.25) is 5.75 Å². The number of ether oxygens (including phenoxy) is 6. The zero-order chi connectivity index (χ0) is 29.5. The third-order valence-corrected chi connectivity index (χ3v) is 8.07. The summed E-state index contributed by atoms with van der Waals surface area (Å²) in [5.74, 6) is 0.412. The van der Waals surface area contributed by atoms with Crippen molar-refractivity contribution in [2.75, 3.05) is 46.6 Å². The monoisotopic (exact) mass is 590 g/mol. The average Bonchev–Trinajstić information content (AvgIpc) is 3.56. The van der Waals surface area contributed by atoms with Crippen LogP contribution in [0.15, 0.2) is 54.1 Å². The molecule has 1 fully saturated rings. The molecule has 1 N–H and O–H groups in total. The molecule has 0 spiro atoms. The zero-order valence-electron chi connectivity index (χ0n) is 23.1. The van der Waals surface area contributed by atoms with E-state index < -0.39 is 17.7 Å². The first-order valence-corrected chi connectivity index (χ1v) is 13.7. The molecule has 0 aliphatic carbocycles. The second-order valence-corrected chi connectivity index (χ2v) is 10.3. The maximum Gasteiger partial charge on any atom is 0.301 e. The Balaban J connectivity index is 1.58. The van der Waals surface area contributed by atoms with Crippen LogP contribution < -0.4 is 33.3 Å². The predicted octanol–water partition coefficient (Wildman–Crippen LogP) is 4.73. The number of fused-ring (bicyclic) bond motifs is 2. The smallest absolute Gasteiger partial charge is 0.301 e. The van der Waals surface area contributed by atoms with Crippen molar-refractivity contribution in [1.82, 2.24) is 4.98 Å². The van der Waals surface area contributed by atoms with E-state index in [9.17, 15) is 14.7 Å². The summed E-state index contributed by atoms with van der Waals surface area (Å²) in [6.45, 7) is 0.744. The molecule has 3 aromatic carbocycles. The summed E-state index contributed by atoms with van der Waals surface area (Å²) in [4.78, 5) is 33.4. The number of carbonyl (C=O) groups is 2. The average molecular weight is 591 g/mol. The predicted molar refractivity (Wildman–Crippen MR) is 154 cm³/mol. The molecule has 12 heteroatoms. The first-order valence-electron chi connectivity index (χ1n) is 12.8. The van der Waals surface area contributed by atoms with Crippen LogP contribution >= 0.6 is 11.3 Å². The normalized spacial score (nSPS) is 17.4. The molecule has 11 nitrogen and oxygen atoms in total. The van der Waals surface area contributed by atoms with Crippen molar-refractivity contribution in [2.24, 2.45) is 0 Å². The number of aliphatic hydroxyl groups excluding tert-OH is 1. The van der Waals surface area contributed by atoms with E-state index in [2.05, 4.69) is 4.98 Å². The Labute approximate surface area is 244 Å². The highest BCUT2D eigenvalue weighted by atomic mass is 32.1. The Kier molecular flexibility index (Phi) is 6.99. The lowest BCUT2D eigenvalue weighted by atomic mass is 9.94. The van der Waals surface area contributed by atoms with Gasteiger partial charge in [0.15, 0.2) is 28.1 Å². The van der Waals surface area contributed by atoms with Crippen molar-refractivity contribution >= 4 is 44.1 Å². The molecule has 4 aromatic rings. The molecule has 2 aliphatic heterocycles. The van der Waals surface area contributed by atoms with Crippen LogP contribution in [0.4, 0.5) is 5.13 Å². The topological polar surface area (TPSA) is 126 Å². The van der Waals surface area contributed by atoms with Gasteiger partial charge in [-0.3, -0.25) is 14.5 Å². The Morgan fingerprint density at radius 2 is 1.62 bits per heavy atom. The van der Waals surface area contributed by atoms with Gasteiger partial charge in [-0.25, -0.2) is 4.98 Å². The van der Waals surface area contributed by atoms with Gasteiger partial charge in [-0.1, -0.05) is 11.3 Å². The van der Waals surface area contributed by atoms with Gasteiger partial charge in [0, 0.05) is 5.56 Å². The number of anilines is 1. The van der Waals surface area contributed by atoms with E-state index in [1.165, 1.54) is 37.6 Å². The van der Waals surface area contributed by atoms with Crippen molar-refractivity contribution in [3.63, 3.8) is 0 Å². The van der Waals surface area contributed by atoms with E-state index >= 15 is 0 Å². The molecular formula is C30H26N2O9S. The largest absolute Gasteiger partial charge is 0.507 e. The number of nitrogens with zero attached hydrogens (tertiary/aromatic N) is 2. The van der Waals surface area contributed by atoms with Gasteiger partial charge < -0.3 is 33.5 Å². The molecule has 3 heterocycles. The van der Waals surface area contributed by atoms with Crippen molar-refractivity contribution in [2.45, 2.75) is 6.04 Å². The highest BCUT2D eigenvalue weighted by Crippen LogP contribution is 2.48. The summed E-state index contributed by atoms with van der Waals surface area (Å²) in [5.41, 5.74) is 1.19. The fourth-order valence-corrected chi connectivity index (χ4v) is 6.09. The Morgan fingerprint density at radius 1 is 0.905 bits per heavy atom. The lowest BCUT2D eigenvalue weighted by molar-refractivity contribution is -0.132. The number of hydrogen-bond donors (Lipinski definition) is 1. The molecule has 6 rings (SSSR count). The van der Waals surface area contributed by atoms with Crippen molar-refractivity contribution < 1.29 is 43.1 Å².